The van der Waals surface area contributed by atoms with E-state index in [9.17, 15) is 0 Å². The van der Waals surface area contributed by atoms with Crippen LogP contribution in [0.3, 0.4) is 0 Å². The molecule has 0 spiro atoms. The third-order valence-corrected chi connectivity index (χ3v) is 2.24. The van der Waals surface area contributed by atoms with Crippen molar-refractivity contribution in [3.8, 4) is 0 Å². The standard InChI is InChI=1S/C8H8BrClN2/c9-5-1-2-6(7(10)4-11)8(12)3-5/h1-4H,11-12H2/b7-4+. The van der Waals surface area contributed by atoms with Gasteiger partial charge in [-0.15, -0.1) is 0 Å². The molecule has 0 bridgehead atoms. The van der Waals surface area contributed by atoms with Crippen LogP contribution in [0.25, 0.3) is 5.03 Å². The highest BCUT2D eigenvalue weighted by Crippen LogP contribution is 2.26. The maximum atomic E-state index is 5.79. The predicted octanol–water partition coefficient (Wildman–Crippen LogP) is 2.53. The summed E-state index contributed by atoms with van der Waals surface area (Å²) in [7, 11) is 0. The zero-order chi connectivity index (χ0) is 9.14. The molecule has 1 aromatic rings. The van der Waals surface area contributed by atoms with E-state index in [1.54, 1.807) is 6.07 Å². The fourth-order valence-corrected chi connectivity index (χ4v) is 1.39. The Morgan fingerprint density at radius 1 is 1.50 bits per heavy atom. The van der Waals surface area contributed by atoms with Gasteiger partial charge in [0.25, 0.3) is 0 Å². The summed E-state index contributed by atoms with van der Waals surface area (Å²) in [5, 5.41) is 0.458. The molecule has 0 unspecified atom stereocenters. The van der Waals surface area contributed by atoms with Crippen LogP contribution in [0.5, 0.6) is 0 Å². The van der Waals surface area contributed by atoms with Crippen LogP contribution >= 0.6 is 27.5 Å². The van der Waals surface area contributed by atoms with Crippen LogP contribution in [0, 0.1) is 0 Å². The first-order chi connectivity index (χ1) is 5.65. The number of halogens is 2. The van der Waals surface area contributed by atoms with E-state index in [1.165, 1.54) is 6.20 Å². The van der Waals surface area contributed by atoms with Gasteiger partial charge in [-0.1, -0.05) is 33.6 Å². The quantitative estimate of drug-likeness (QED) is 0.749. The molecule has 0 saturated carbocycles. The molecule has 0 aromatic heterocycles. The summed E-state index contributed by atoms with van der Waals surface area (Å²) in [6.07, 6.45) is 1.32. The lowest BCUT2D eigenvalue weighted by Gasteiger charge is -2.03. The van der Waals surface area contributed by atoms with Crippen molar-refractivity contribution in [3.63, 3.8) is 0 Å². The molecule has 0 aliphatic carbocycles. The van der Waals surface area contributed by atoms with Crippen LogP contribution in [0.2, 0.25) is 0 Å². The topological polar surface area (TPSA) is 52.0 Å². The number of hydrogen-bond acceptors (Lipinski definition) is 2. The van der Waals surface area contributed by atoms with E-state index < -0.39 is 0 Å². The van der Waals surface area contributed by atoms with Crippen molar-refractivity contribution in [1.82, 2.24) is 0 Å². The molecule has 2 nitrogen and oxygen atoms in total. The van der Waals surface area contributed by atoms with Gasteiger partial charge in [0.05, 0.1) is 5.03 Å². The fourth-order valence-electron chi connectivity index (χ4n) is 0.841. The van der Waals surface area contributed by atoms with Gasteiger partial charge in [-0.25, -0.2) is 0 Å². The minimum atomic E-state index is 0.458. The van der Waals surface area contributed by atoms with E-state index in [1.807, 2.05) is 12.1 Å². The van der Waals surface area contributed by atoms with Crippen molar-refractivity contribution in [2.75, 3.05) is 5.73 Å². The SMILES string of the molecule is N/C=C(/Cl)c1ccc(Br)cc1N. The molecule has 0 fully saturated rings. The minimum absolute atomic E-state index is 0.458. The van der Waals surface area contributed by atoms with Gasteiger partial charge in [0, 0.05) is 21.9 Å². The highest BCUT2D eigenvalue weighted by Gasteiger charge is 2.02. The van der Waals surface area contributed by atoms with Crippen LogP contribution in [-0.4, -0.2) is 0 Å². The van der Waals surface area contributed by atoms with E-state index in [-0.39, 0.29) is 0 Å². The number of anilines is 1. The highest BCUT2D eigenvalue weighted by molar-refractivity contribution is 9.10. The second-order valence-electron chi connectivity index (χ2n) is 2.25. The Morgan fingerprint density at radius 2 is 2.17 bits per heavy atom. The molecule has 1 aromatic carbocycles. The van der Waals surface area contributed by atoms with Gasteiger partial charge >= 0.3 is 0 Å². The Bertz CT molecular complexity index is 323. The molecule has 4 N–H and O–H groups in total. The van der Waals surface area contributed by atoms with Crippen LogP contribution in [0.4, 0.5) is 5.69 Å². The minimum Gasteiger partial charge on any atom is -0.403 e. The highest BCUT2D eigenvalue weighted by atomic mass is 79.9. The first-order valence-electron chi connectivity index (χ1n) is 3.28. The van der Waals surface area contributed by atoms with Crippen LogP contribution in [0.15, 0.2) is 28.9 Å². The Labute approximate surface area is 84.3 Å². The van der Waals surface area contributed by atoms with E-state index in [0.29, 0.717) is 10.7 Å². The molecule has 64 valence electrons. The summed E-state index contributed by atoms with van der Waals surface area (Å²) in [5.74, 6) is 0. The molecular formula is C8H8BrClN2. The van der Waals surface area contributed by atoms with Crippen LogP contribution in [0.1, 0.15) is 5.56 Å². The lowest BCUT2D eigenvalue weighted by Crippen LogP contribution is -1.92. The normalized spacial score (nSPS) is 11.7. The van der Waals surface area contributed by atoms with Gasteiger partial charge < -0.3 is 11.5 Å². The Morgan fingerprint density at radius 3 is 2.67 bits per heavy atom. The number of hydrogen-bond donors (Lipinski definition) is 2. The van der Waals surface area contributed by atoms with Crippen molar-refractivity contribution >= 4 is 38.3 Å². The lowest BCUT2D eigenvalue weighted by atomic mass is 10.2. The lowest BCUT2D eigenvalue weighted by molar-refractivity contribution is 1.56. The van der Waals surface area contributed by atoms with Crippen molar-refractivity contribution in [3.05, 3.63) is 34.4 Å². The molecule has 0 atom stereocenters. The van der Waals surface area contributed by atoms with Gasteiger partial charge in [-0.3, -0.25) is 0 Å². The summed E-state index contributed by atoms with van der Waals surface area (Å²) >= 11 is 9.08. The van der Waals surface area contributed by atoms with Gasteiger partial charge in [-0.2, -0.15) is 0 Å². The largest absolute Gasteiger partial charge is 0.403 e. The molecule has 0 saturated heterocycles. The summed E-state index contributed by atoms with van der Waals surface area (Å²) in [5.41, 5.74) is 12.3. The average molecular weight is 248 g/mol. The molecule has 0 amide bonds. The summed E-state index contributed by atoms with van der Waals surface area (Å²) in [6, 6.07) is 5.45. The number of nitrogen functional groups attached to an aromatic ring is 1. The molecule has 0 aliphatic rings. The second-order valence-corrected chi connectivity index (χ2v) is 3.57. The van der Waals surface area contributed by atoms with Crippen molar-refractivity contribution < 1.29 is 0 Å². The Balaban J connectivity index is 3.18. The van der Waals surface area contributed by atoms with E-state index in [4.69, 9.17) is 23.1 Å². The molecular weight excluding hydrogens is 239 g/mol. The Kier molecular flexibility index (Phi) is 3.00. The van der Waals surface area contributed by atoms with Gasteiger partial charge in [0.2, 0.25) is 0 Å². The smallest absolute Gasteiger partial charge is 0.0653 e. The van der Waals surface area contributed by atoms with Gasteiger partial charge in [0.15, 0.2) is 0 Å². The van der Waals surface area contributed by atoms with Crippen molar-refractivity contribution in [2.24, 2.45) is 5.73 Å². The third-order valence-electron chi connectivity index (χ3n) is 1.42. The summed E-state index contributed by atoms with van der Waals surface area (Å²) in [6.45, 7) is 0. The monoisotopic (exact) mass is 246 g/mol. The third kappa shape index (κ3) is 1.93. The first kappa shape index (κ1) is 9.42. The Hall–Kier alpha value is -0.670. The number of nitrogens with two attached hydrogens (primary N) is 2. The first-order valence-corrected chi connectivity index (χ1v) is 4.45. The molecule has 1 rings (SSSR count). The number of benzene rings is 1. The fraction of sp³-hybridized carbons (Fsp3) is 0. The molecule has 0 aliphatic heterocycles. The van der Waals surface area contributed by atoms with Gasteiger partial charge in [0.1, 0.15) is 0 Å². The van der Waals surface area contributed by atoms with E-state index in [0.717, 1.165) is 10.0 Å². The molecule has 12 heavy (non-hydrogen) atoms. The number of rotatable bonds is 1. The van der Waals surface area contributed by atoms with Gasteiger partial charge in [-0.05, 0) is 12.1 Å². The zero-order valence-corrected chi connectivity index (χ0v) is 8.56. The molecule has 0 radical (unpaired) electrons. The molecule has 4 heteroatoms. The predicted molar refractivity (Wildman–Crippen MR) is 56.6 cm³/mol. The van der Waals surface area contributed by atoms with Crippen LogP contribution in [-0.2, 0) is 0 Å². The molecule has 0 heterocycles. The van der Waals surface area contributed by atoms with Crippen molar-refractivity contribution in [2.45, 2.75) is 0 Å². The average Bonchev–Trinajstić information content (AvgIpc) is 2.03. The van der Waals surface area contributed by atoms with E-state index >= 15 is 0 Å². The van der Waals surface area contributed by atoms with E-state index in [2.05, 4.69) is 15.9 Å². The summed E-state index contributed by atoms with van der Waals surface area (Å²) in [4.78, 5) is 0. The second kappa shape index (κ2) is 3.83. The maximum Gasteiger partial charge on any atom is 0.0653 e. The zero-order valence-electron chi connectivity index (χ0n) is 6.22. The van der Waals surface area contributed by atoms with Crippen molar-refractivity contribution in [1.29, 1.82) is 0 Å². The van der Waals surface area contributed by atoms with Crippen LogP contribution < -0.4 is 11.5 Å². The summed E-state index contributed by atoms with van der Waals surface area (Å²) < 4.78 is 0.922. The maximum absolute atomic E-state index is 5.79.